The number of ether oxygens (including phenoxy) is 1. The first-order valence-corrected chi connectivity index (χ1v) is 13.8. The van der Waals surface area contributed by atoms with Gasteiger partial charge >= 0.3 is 6.09 Å². The van der Waals surface area contributed by atoms with Crippen molar-refractivity contribution in [1.29, 1.82) is 0 Å². The fourth-order valence-corrected chi connectivity index (χ4v) is 5.46. The maximum absolute atomic E-state index is 12.8. The van der Waals surface area contributed by atoms with Crippen LogP contribution in [0.3, 0.4) is 0 Å². The van der Waals surface area contributed by atoms with Crippen molar-refractivity contribution in [2.45, 2.75) is 88.8 Å². The summed E-state index contributed by atoms with van der Waals surface area (Å²) in [5, 5.41) is 15.4. The summed E-state index contributed by atoms with van der Waals surface area (Å²) in [6.45, 7) is 0.244. The van der Waals surface area contributed by atoms with Gasteiger partial charge in [0.05, 0.1) is 5.69 Å². The van der Waals surface area contributed by atoms with Crippen molar-refractivity contribution in [3.8, 4) is 11.1 Å². The zero-order chi connectivity index (χ0) is 26.0. The highest BCUT2D eigenvalue weighted by Gasteiger charge is 2.23. The van der Waals surface area contributed by atoms with Crippen LogP contribution in [0.25, 0.3) is 11.1 Å². The number of carbonyl (C=O) groups is 2. The second-order valence-corrected chi connectivity index (χ2v) is 10.6. The number of anilines is 1. The van der Waals surface area contributed by atoms with Gasteiger partial charge in [0, 0.05) is 30.7 Å². The summed E-state index contributed by atoms with van der Waals surface area (Å²) in [5.74, 6) is 0.468. The van der Waals surface area contributed by atoms with Gasteiger partial charge in [-0.3, -0.25) is 10.1 Å². The summed E-state index contributed by atoms with van der Waals surface area (Å²) >= 11 is 0. The van der Waals surface area contributed by atoms with Crippen LogP contribution in [0.4, 0.5) is 10.5 Å². The van der Waals surface area contributed by atoms with Crippen molar-refractivity contribution in [2.75, 3.05) is 11.9 Å². The SMILES string of the molecule is NC1CCC(OC(=O)Nc2cc(CCCC(=O)NC3CCC(CO)CC3)ccc2-c2ccccc2)CC1. The Kier molecular flexibility index (Phi) is 9.97. The molecule has 7 nitrogen and oxygen atoms in total. The van der Waals surface area contributed by atoms with Crippen LogP contribution in [-0.4, -0.2) is 41.9 Å². The second kappa shape index (κ2) is 13.6. The molecule has 0 radical (unpaired) electrons. The van der Waals surface area contributed by atoms with Gasteiger partial charge in [-0.05, 0) is 87.3 Å². The van der Waals surface area contributed by atoms with Gasteiger partial charge in [-0.15, -0.1) is 0 Å². The third-order valence-electron chi connectivity index (χ3n) is 7.74. The average Bonchev–Trinajstić information content (AvgIpc) is 2.91. The molecule has 2 aromatic rings. The lowest BCUT2D eigenvalue weighted by Gasteiger charge is -2.28. The van der Waals surface area contributed by atoms with E-state index in [9.17, 15) is 14.7 Å². The number of benzene rings is 2. The van der Waals surface area contributed by atoms with E-state index in [4.69, 9.17) is 10.5 Å². The standard InChI is InChI=1S/C30H41N3O4/c31-24-12-16-26(17-13-24)37-30(36)33-28-19-21(11-18-27(28)23-6-2-1-3-7-23)5-4-8-29(35)32-25-14-9-22(20-34)10-15-25/h1-3,6-7,11,18-19,22,24-26,34H,4-5,8-10,12-17,20,31H2,(H,32,35)(H,33,36). The molecule has 5 N–H and O–H groups in total. The normalized spacial score (nSPS) is 23.7. The highest BCUT2D eigenvalue weighted by molar-refractivity contribution is 5.91. The lowest BCUT2D eigenvalue weighted by molar-refractivity contribution is -0.122. The summed E-state index contributed by atoms with van der Waals surface area (Å²) in [6.07, 6.45) is 8.58. The Morgan fingerprint density at radius 1 is 0.946 bits per heavy atom. The lowest BCUT2D eigenvalue weighted by Crippen LogP contribution is -2.38. The number of carbonyl (C=O) groups excluding carboxylic acids is 2. The molecular weight excluding hydrogens is 466 g/mol. The van der Waals surface area contributed by atoms with Gasteiger partial charge in [0.25, 0.3) is 0 Å². The van der Waals surface area contributed by atoms with E-state index in [-0.39, 0.29) is 30.7 Å². The zero-order valence-corrected chi connectivity index (χ0v) is 21.7. The molecule has 2 aliphatic rings. The number of rotatable bonds is 9. The predicted molar refractivity (Wildman–Crippen MR) is 146 cm³/mol. The molecule has 2 aliphatic carbocycles. The van der Waals surface area contributed by atoms with Crippen LogP contribution in [0.5, 0.6) is 0 Å². The molecule has 2 saturated carbocycles. The van der Waals surface area contributed by atoms with Gasteiger partial charge in [0.15, 0.2) is 0 Å². The number of nitrogens with two attached hydrogens (primary N) is 1. The van der Waals surface area contributed by atoms with Crippen LogP contribution in [0.15, 0.2) is 48.5 Å². The number of aliphatic hydroxyl groups excluding tert-OH is 1. The third-order valence-corrected chi connectivity index (χ3v) is 7.74. The first kappa shape index (κ1) is 27.1. The number of hydrogen-bond donors (Lipinski definition) is 4. The van der Waals surface area contributed by atoms with Crippen LogP contribution in [0.2, 0.25) is 0 Å². The molecule has 2 amide bonds. The quantitative estimate of drug-likeness (QED) is 0.374. The molecule has 7 heteroatoms. The Morgan fingerprint density at radius 2 is 1.68 bits per heavy atom. The third kappa shape index (κ3) is 8.30. The largest absolute Gasteiger partial charge is 0.446 e. The molecule has 0 spiro atoms. The van der Waals surface area contributed by atoms with Crippen LogP contribution >= 0.6 is 0 Å². The van der Waals surface area contributed by atoms with Gasteiger partial charge in [0.2, 0.25) is 5.91 Å². The lowest BCUT2D eigenvalue weighted by atomic mass is 9.86. The number of nitrogens with one attached hydrogen (secondary N) is 2. The molecule has 200 valence electrons. The highest BCUT2D eigenvalue weighted by atomic mass is 16.6. The average molecular weight is 508 g/mol. The molecule has 0 saturated heterocycles. The molecule has 2 fully saturated rings. The molecule has 0 atom stereocenters. The van der Waals surface area contributed by atoms with Gasteiger partial charge in [-0.2, -0.15) is 0 Å². The van der Waals surface area contributed by atoms with Crippen LogP contribution in [-0.2, 0) is 16.0 Å². The zero-order valence-electron chi connectivity index (χ0n) is 21.7. The molecule has 0 bridgehead atoms. The highest BCUT2D eigenvalue weighted by Crippen LogP contribution is 2.30. The van der Waals surface area contributed by atoms with E-state index in [1.807, 2.05) is 42.5 Å². The minimum atomic E-state index is -0.440. The summed E-state index contributed by atoms with van der Waals surface area (Å²) < 4.78 is 5.70. The fourth-order valence-electron chi connectivity index (χ4n) is 5.46. The molecule has 0 unspecified atom stereocenters. The number of amides is 2. The number of aryl methyl sites for hydroxylation is 1. The van der Waals surface area contributed by atoms with Crippen LogP contribution in [0, 0.1) is 5.92 Å². The van der Waals surface area contributed by atoms with Crippen molar-refractivity contribution in [2.24, 2.45) is 11.7 Å². The van der Waals surface area contributed by atoms with E-state index in [2.05, 4.69) is 16.7 Å². The molecular formula is C30H41N3O4. The summed E-state index contributed by atoms with van der Waals surface area (Å²) in [7, 11) is 0. The van der Waals surface area contributed by atoms with Gasteiger partial charge in [-0.25, -0.2) is 4.79 Å². The summed E-state index contributed by atoms with van der Waals surface area (Å²) in [4.78, 5) is 25.2. The van der Waals surface area contributed by atoms with Crippen molar-refractivity contribution in [3.63, 3.8) is 0 Å². The number of aliphatic hydroxyl groups is 1. The minimum absolute atomic E-state index is 0.0856. The Hall–Kier alpha value is -2.90. The first-order valence-electron chi connectivity index (χ1n) is 13.8. The Balaban J connectivity index is 1.33. The molecule has 0 aromatic heterocycles. The van der Waals surface area contributed by atoms with E-state index in [1.165, 1.54) is 0 Å². The van der Waals surface area contributed by atoms with Gasteiger partial charge < -0.3 is 20.9 Å². The topological polar surface area (TPSA) is 114 Å². The summed E-state index contributed by atoms with van der Waals surface area (Å²) in [5.41, 5.74) is 9.71. The minimum Gasteiger partial charge on any atom is -0.446 e. The van der Waals surface area contributed by atoms with Crippen molar-refractivity contribution < 1.29 is 19.4 Å². The van der Waals surface area contributed by atoms with Crippen LogP contribution in [0.1, 0.15) is 69.8 Å². The van der Waals surface area contributed by atoms with Crippen molar-refractivity contribution >= 4 is 17.7 Å². The fraction of sp³-hybridized carbons (Fsp3) is 0.533. The van der Waals surface area contributed by atoms with Gasteiger partial charge in [0.1, 0.15) is 6.10 Å². The Morgan fingerprint density at radius 3 is 2.38 bits per heavy atom. The van der Waals surface area contributed by atoms with E-state index < -0.39 is 6.09 Å². The first-order chi connectivity index (χ1) is 18.0. The molecule has 37 heavy (non-hydrogen) atoms. The second-order valence-electron chi connectivity index (χ2n) is 10.6. The monoisotopic (exact) mass is 507 g/mol. The maximum Gasteiger partial charge on any atom is 0.411 e. The van der Waals surface area contributed by atoms with E-state index in [0.29, 0.717) is 18.0 Å². The summed E-state index contributed by atoms with van der Waals surface area (Å²) in [6, 6.07) is 16.5. The predicted octanol–water partition coefficient (Wildman–Crippen LogP) is 5.16. The van der Waals surface area contributed by atoms with Crippen molar-refractivity contribution in [3.05, 3.63) is 54.1 Å². The Labute approximate surface area is 220 Å². The van der Waals surface area contributed by atoms with Gasteiger partial charge in [-0.1, -0.05) is 42.5 Å². The van der Waals surface area contributed by atoms with E-state index in [1.54, 1.807) is 0 Å². The Bertz CT molecular complexity index is 1010. The molecule has 2 aromatic carbocycles. The van der Waals surface area contributed by atoms with E-state index >= 15 is 0 Å². The van der Waals surface area contributed by atoms with Crippen LogP contribution < -0.4 is 16.4 Å². The maximum atomic E-state index is 12.8. The molecule has 4 rings (SSSR count). The number of hydrogen-bond acceptors (Lipinski definition) is 5. The van der Waals surface area contributed by atoms with Crippen molar-refractivity contribution in [1.82, 2.24) is 5.32 Å². The molecule has 0 aliphatic heterocycles. The molecule has 0 heterocycles. The smallest absolute Gasteiger partial charge is 0.411 e. The van der Waals surface area contributed by atoms with E-state index in [0.717, 1.165) is 80.9 Å².